The molecule has 2 aromatic rings. The Morgan fingerprint density at radius 1 is 1.37 bits per heavy atom. The third-order valence-electron chi connectivity index (χ3n) is 2.44. The number of rotatable bonds is 6. The molecular formula is C13H15ClN2O2S. The van der Waals surface area contributed by atoms with E-state index in [1.165, 1.54) is 0 Å². The van der Waals surface area contributed by atoms with Crippen LogP contribution in [0.3, 0.4) is 0 Å². The summed E-state index contributed by atoms with van der Waals surface area (Å²) in [7, 11) is 0. The molecule has 0 aliphatic carbocycles. The molecule has 0 fully saturated rings. The van der Waals surface area contributed by atoms with Gasteiger partial charge in [0.05, 0.1) is 5.75 Å². The largest absolute Gasteiger partial charge is 0.371 e. The zero-order valence-electron chi connectivity index (χ0n) is 10.8. The fraction of sp³-hybridized carbons (Fsp3) is 0.385. The number of halogens is 1. The minimum absolute atomic E-state index is 0.136. The Morgan fingerprint density at radius 2 is 2.11 bits per heavy atom. The van der Waals surface area contributed by atoms with Crippen molar-refractivity contribution in [1.29, 1.82) is 0 Å². The van der Waals surface area contributed by atoms with E-state index >= 15 is 0 Å². The number of hydrogen-bond acceptors (Lipinski definition) is 5. The van der Waals surface area contributed by atoms with Gasteiger partial charge in [0.15, 0.2) is 5.82 Å². The van der Waals surface area contributed by atoms with Crippen molar-refractivity contribution in [3.05, 3.63) is 41.0 Å². The molecule has 0 bridgehead atoms. The summed E-state index contributed by atoms with van der Waals surface area (Å²) in [5.74, 6) is 1.82. The number of aromatic nitrogens is 2. The normalized spacial score (nSPS) is 12.6. The predicted molar refractivity (Wildman–Crippen MR) is 75.4 cm³/mol. The maximum absolute atomic E-state index is 5.83. The lowest BCUT2D eigenvalue weighted by molar-refractivity contribution is 0.0683. The van der Waals surface area contributed by atoms with Gasteiger partial charge in [-0.25, -0.2) is 0 Å². The van der Waals surface area contributed by atoms with Crippen LogP contribution in [-0.4, -0.2) is 16.7 Å². The number of nitrogens with zero attached hydrogens (tertiary/aromatic N) is 2. The van der Waals surface area contributed by atoms with Crippen molar-refractivity contribution in [3.8, 4) is 0 Å². The van der Waals surface area contributed by atoms with E-state index in [0.29, 0.717) is 24.1 Å². The first-order chi connectivity index (χ1) is 9.19. The Hall–Kier alpha value is -1.04. The van der Waals surface area contributed by atoms with Crippen molar-refractivity contribution >= 4 is 23.4 Å². The minimum atomic E-state index is -0.136. The van der Waals surface area contributed by atoms with Crippen LogP contribution in [0.25, 0.3) is 0 Å². The summed E-state index contributed by atoms with van der Waals surface area (Å²) >= 11 is 7.46. The molecule has 0 spiro atoms. The van der Waals surface area contributed by atoms with E-state index in [4.69, 9.17) is 20.9 Å². The monoisotopic (exact) mass is 298 g/mol. The van der Waals surface area contributed by atoms with Gasteiger partial charge in [-0.2, -0.15) is 4.98 Å². The molecule has 4 nitrogen and oxygen atoms in total. The number of ether oxygens (including phenoxy) is 1. The lowest BCUT2D eigenvalue weighted by atomic mass is 10.4. The van der Waals surface area contributed by atoms with Crippen molar-refractivity contribution in [2.45, 2.75) is 30.6 Å². The molecule has 1 heterocycles. The van der Waals surface area contributed by atoms with Crippen molar-refractivity contribution in [1.82, 2.24) is 10.1 Å². The van der Waals surface area contributed by atoms with E-state index in [1.807, 2.05) is 38.1 Å². The standard InChI is InChI=1S/C13H15ClN2O2S/c1-3-17-9(2)13-15-12(18-16-13)8-19-11-6-4-10(14)5-7-11/h4-7,9H,3,8H2,1-2H3/t9-/m0/s1. The maximum atomic E-state index is 5.83. The second-order valence-electron chi connectivity index (χ2n) is 3.89. The van der Waals surface area contributed by atoms with Gasteiger partial charge in [-0.15, -0.1) is 11.8 Å². The van der Waals surface area contributed by atoms with Crippen molar-refractivity contribution in [2.75, 3.05) is 6.61 Å². The summed E-state index contributed by atoms with van der Waals surface area (Å²) < 4.78 is 10.6. The average molecular weight is 299 g/mol. The highest BCUT2D eigenvalue weighted by Gasteiger charge is 2.13. The molecule has 0 unspecified atom stereocenters. The van der Waals surface area contributed by atoms with E-state index < -0.39 is 0 Å². The number of hydrogen-bond donors (Lipinski definition) is 0. The molecule has 0 radical (unpaired) electrons. The van der Waals surface area contributed by atoms with E-state index in [2.05, 4.69) is 10.1 Å². The first-order valence-corrected chi connectivity index (χ1v) is 7.38. The van der Waals surface area contributed by atoms with Gasteiger partial charge < -0.3 is 9.26 Å². The highest BCUT2D eigenvalue weighted by atomic mass is 35.5. The Balaban J connectivity index is 1.91. The highest BCUT2D eigenvalue weighted by Crippen LogP contribution is 2.24. The molecular weight excluding hydrogens is 284 g/mol. The summed E-state index contributed by atoms with van der Waals surface area (Å²) in [4.78, 5) is 5.42. The molecule has 0 amide bonds. The second-order valence-corrected chi connectivity index (χ2v) is 5.37. The van der Waals surface area contributed by atoms with E-state index in [9.17, 15) is 0 Å². The van der Waals surface area contributed by atoms with Crippen LogP contribution in [0.5, 0.6) is 0 Å². The van der Waals surface area contributed by atoms with Crippen LogP contribution in [0.15, 0.2) is 33.7 Å². The zero-order valence-corrected chi connectivity index (χ0v) is 12.4. The number of benzene rings is 1. The molecule has 6 heteroatoms. The molecule has 0 saturated heterocycles. The van der Waals surface area contributed by atoms with Crippen LogP contribution in [0.2, 0.25) is 5.02 Å². The number of thioether (sulfide) groups is 1. The van der Waals surface area contributed by atoms with Gasteiger partial charge in [0, 0.05) is 16.5 Å². The molecule has 1 aromatic carbocycles. The van der Waals surface area contributed by atoms with Crippen molar-refractivity contribution in [2.24, 2.45) is 0 Å². The van der Waals surface area contributed by atoms with Crippen LogP contribution in [0.1, 0.15) is 31.7 Å². The molecule has 19 heavy (non-hydrogen) atoms. The zero-order chi connectivity index (χ0) is 13.7. The molecule has 0 N–H and O–H groups in total. The van der Waals surface area contributed by atoms with Gasteiger partial charge in [0.1, 0.15) is 6.10 Å². The lowest BCUT2D eigenvalue weighted by Crippen LogP contribution is -2.01. The first-order valence-electron chi connectivity index (χ1n) is 6.01. The molecule has 1 atom stereocenters. The van der Waals surface area contributed by atoms with Crippen molar-refractivity contribution in [3.63, 3.8) is 0 Å². The van der Waals surface area contributed by atoms with Gasteiger partial charge in [0.25, 0.3) is 0 Å². The summed E-state index contributed by atoms with van der Waals surface area (Å²) in [6, 6.07) is 7.65. The average Bonchev–Trinajstić information content (AvgIpc) is 2.87. The van der Waals surface area contributed by atoms with Gasteiger partial charge in [0.2, 0.25) is 5.89 Å². The maximum Gasteiger partial charge on any atom is 0.237 e. The van der Waals surface area contributed by atoms with Gasteiger partial charge >= 0.3 is 0 Å². The van der Waals surface area contributed by atoms with Crippen LogP contribution < -0.4 is 0 Å². The van der Waals surface area contributed by atoms with Gasteiger partial charge in [-0.3, -0.25) is 0 Å². The van der Waals surface area contributed by atoms with Crippen molar-refractivity contribution < 1.29 is 9.26 Å². The van der Waals surface area contributed by atoms with Crippen LogP contribution in [0.4, 0.5) is 0 Å². The second kappa shape index (κ2) is 6.93. The summed E-state index contributed by atoms with van der Waals surface area (Å²) in [6.07, 6.45) is -0.136. The molecule has 2 rings (SSSR count). The van der Waals surface area contributed by atoms with E-state index in [1.54, 1.807) is 11.8 Å². The predicted octanol–water partition coefficient (Wildman–Crippen LogP) is 4.11. The third kappa shape index (κ3) is 4.23. The van der Waals surface area contributed by atoms with Gasteiger partial charge in [-0.05, 0) is 38.1 Å². The molecule has 0 aliphatic heterocycles. The Bertz CT molecular complexity index is 516. The smallest absolute Gasteiger partial charge is 0.237 e. The van der Waals surface area contributed by atoms with E-state index in [-0.39, 0.29) is 6.10 Å². The first kappa shape index (κ1) is 14.4. The van der Waals surface area contributed by atoms with Crippen LogP contribution in [-0.2, 0) is 10.5 Å². The topological polar surface area (TPSA) is 48.2 Å². The molecule has 0 saturated carbocycles. The highest BCUT2D eigenvalue weighted by molar-refractivity contribution is 7.98. The fourth-order valence-electron chi connectivity index (χ4n) is 1.49. The summed E-state index contributed by atoms with van der Waals surface area (Å²) in [6.45, 7) is 4.48. The van der Waals surface area contributed by atoms with Crippen LogP contribution >= 0.6 is 23.4 Å². The SMILES string of the molecule is CCO[C@@H](C)c1noc(CSc2ccc(Cl)cc2)n1. The van der Waals surface area contributed by atoms with Gasteiger partial charge in [-0.1, -0.05) is 16.8 Å². The Labute approximate surface area is 121 Å². The molecule has 0 aliphatic rings. The fourth-order valence-corrected chi connectivity index (χ4v) is 2.35. The lowest BCUT2D eigenvalue weighted by Gasteiger charge is -2.04. The van der Waals surface area contributed by atoms with E-state index in [0.717, 1.165) is 9.92 Å². The third-order valence-corrected chi connectivity index (χ3v) is 3.69. The Morgan fingerprint density at radius 3 is 2.79 bits per heavy atom. The quantitative estimate of drug-likeness (QED) is 0.751. The minimum Gasteiger partial charge on any atom is -0.371 e. The van der Waals surface area contributed by atoms with Crippen LogP contribution in [0, 0.1) is 0 Å². The molecule has 102 valence electrons. The summed E-state index contributed by atoms with van der Waals surface area (Å²) in [5.41, 5.74) is 0. The Kier molecular flexibility index (Phi) is 5.24. The molecule has 1 aromatic heterocycles. The summed E-state index contributed by atoms with van der Waals surface area (Å²) in [5, 5.41) is 4.65.